The summed E-state index contributed by atoms with van der Waals surface area (Å²) in [6.45, 7) is 4.08. The molecule has 3 unspecified atom stereocenters. The maximum absolute atomic E-state index is 12.1. The van der Waals surface area contributed by atoms with Gasteiger partial charge in [0.05, 0.1) is 16.5 Å². The number of H-pyrrole nitrogens is 1. The zero-order valence-corrected chi connectivity index (χ0v) is 15.6. The van der Waals surface area contributed by atoms with Gasteiger partial charge in [0, 0.05) is 30.5 Å². The molecule has 3 N–H and O–H groups in total. The fourth-order valence-electron chi connectivity index (χ4n) is 3.79. The summed E-state index contributed by atoms with van der Waals surface area (Å²) < 4.78 is 20.7. The van der Waals surface area contributed by atoms with Gasteiger partial charge in [-0.1, -0.05) is 0 Å². The monoisotopic (exact) mass is 360 g/mol. The minimum absolute atomic E-state index is 0.298. The van der Waals surface area contributed by atoms with Gasteiger partial charge in [-0.05, 0) is 56.9 Å². The maximum atomic E-state index is 12.1. The Labute approximate surface area is 150 Å². The topological polar surface area (TPSA) is 79.0 Å². The van der Waals surface area contributed by atoms with E-state index in [4.69, 9.17) is 4.74 Å². The molecule has 1 aliphatic heterocycles. The van der Waals surface area contributed by atoms with Crippen molar-refractivity contribution in [2.24, 2.45) is 0 Å². The Balaban J connectivity index is 1.51. The zero-order valence-electron chi connectivity index (χ0n) is 14.8. The van der Waals surface area contributed by atoms with Crippen molar-refractivity contribution >= 4 is 22.5 Å². The van der Waals surface area contributed by atoms with E-state index < -0.39 is 11.0 Å². The molecule has 1 aromatic heterocycles. The minimum atomic E-state index is -1.14. The smallest absolute Gasteiger partial charge is 0.152 e. The van der Waals surface area contributed by atoms with E-state index in [-0.39, 0.29) is 5.54 Å². The Hall–Kier alpha value is -1.70. The molecule has 7 heteroatoms. The van der Waals surface area contributed by atoms with Gasteiger partial charge < -0.3 is 10.1 Å². The van der Waals surface area contributed by atoms with E-state index in [1.54, 1.807) is 7.11 Å². The van der Waals surface area contributed by atoms with Crippen LogP contribution in [0.25, 0.3) is 0 Å². The van der Waals surface area contributed by atoms with Crippen LogP contribution in [0.15, 0.2) is 29.2 Å². The Morgan fingerprint density at radius 1 is 1.32 bits per heavy atom. The van der Waals surface area contributed by atoms with Crippen molar-refractivity contribution in [2.45, 2.75) is 55.6 Å². The van der Waals surface area contributed by atoms with Crippen molar-refractivity contribution in [2.75, 3.05) is 12.4 Å². The summed E-state index contributed by atoms with van der Waals surface area (Å²) in [5.41, 5.74) is 2.87. The maximum Gasteiger partial charge on any atom is 0.152 e. The summed E-state index contributed by atoms with van der Waals surface area (Å²) in [5.74, 6) is 1.29. The van der Waals surface area contributed by atoms with E-state index >= 15 is 0 Å². The van der Waals surface area contributed by atoms with E-state index in [1.165, 1.54) is 0 Å². The normalized spacial score (nSPS) is 27.4. The Bertz CT molecular complexity index is 817. The second kappa shape index (κ2) is 6.23. The van der Waals surface area contributed by atoms with Gasteiger partial charge in [-0.3, -0.25) is 5.10 Å². The first-order valence-electron chi connectivity index (χ1n) is 8.65. The Kier molecular flexibility index (Phi) is 4.17. The molecule has 1 saturated carbocycles. The molecule has 2 aliphatic rings. The van der Waals surface area contributed by atoms with Gasteiger partial charge in [-0.25, -0.2) is 8.93 Å². The molecule has 2 heterocycles. The van der Waals surface area contributed by atoms with Crippen LogP contribution in [0, 0.1) is 0 Å². The van der Waals surface area contributed by atoms with Crippen LogP contribution in [-0.2, 0) is 21.3 Å². The molecule has 0 saturated heterocycles. The molecule has 25 heavy (non-hydrogen) atoms. The molecule has 4 rings (SSSR count). The minimum Gasteiger partial charge on any atom is -0.381 e. The Morgan fingerprint density at radius 2 is 2.16 bits per heavy atom. The second-order valence-electron chi connectivity index (χ2n) is 7.41. The number of benzene rings is 1. The third kappa shape index (κ3) is 3.12. The highest BCUT2D eigenvalue weighted by molar-refractivity contribution is 7.83. The average molecular weight is 360 g/mol. The highest BCUT2D eigenvalue weighted by Crippen LogP contribution is 2.37. The van der Waals surface area contributed by atoms with Crippen LogP contribution < -0.4 is 10.0 Å². The zero-order chi connectivity index (χ0) is 17.6. The van der Waals surface area contributed by atoms with E-state index in [0.717, 1.165) is 46.9 Å². The van der Waals surface area contributed by atoms with Crippen LogP contribution in [0.2, 0.25) is 0 Å². The fraction of sp³-hybridized carbons (Fsp3) is 0.500. The third-order valence-electron chi connectivity index (χ3n) is 5.23. The van der Waals surface area contributed by atoms with Gasteiger partial charge in [-0.15, -0.1) is 0 Å². The van der Waals surface area contributed by atoms with Crippen molar-refractivity contribution in [3.8, 4) is 0 Å². The predicted octanol–water partition coefficient (Wildman–Crippen LogP) is 3.30. The van der Waals surface area contributed by atoms with Crippen molar-refractivity contribution in [1.29, 1.82) is 0 Å². The summed E-state index contributed by atoms with van der Waals surface area (Å²) >= 11 is 0. The van der Waals surface area contributed by atoms with E-state index in [1.807, 2.05) is 26.0 Å². The van der Waals surface area contributed by atoms with Crippen LogP contribution >= 0.6 is 0 Å². The van der Waals surface area contributed by atoms with E-state index in [0.29, 0.717) is 12.0 Å². The molecule has 2 aromatic rings. The molecule has 1 fully saturated rings. The molecule has 3 atom stereocenters. The summed E-state index contributed by atoms with van der Waals surface area (Å²) in [6.07, 6.45) is 3.64. The summed E-state index contributed by atoms with van der Waals surface area (Å²) in [4.78, 5) is 0.856. The Morgan fingerprint density at radius 3 is 2.92 bits per heavy atom. The number of rotatable bonds is 4. The first-order chi connectivity index (χ1) is 12.0. The molecule has 0 bridgehead atoms. The number of hydrogen-bond acceptors (Lipinski definition) is 4. The summed E-state index contributed by atoms with van der Waals surface area (Å²) in [6, 6.07) is 8.00. The molecule has 6 nitrogen and oxygen atoms in total. The molecule has 1 aliphatic carbocycles. The van der Waals surface area contributed by atoms with Crippen molar-refractivity contribution in [3.63, 3.8) is 0 Å². The summed E-state index contributed by atoms with van der Waals surface area (Å²) in [7, 11) is 0.646. The molecular formula is C18H24N4O2S. The quantitative estimate of drug-likeness (QED) is 0.782. The number of anilines is 2. The number of nitrogens with zero attached hydrogens (tertiary/aromatic N) is 1. The number of nitrogens with one attached hydrogen (secondary N) is 3. The van der Waals surface area contributed by atoms with Crippen molar-refractivity contribution in [3.05, 3.63) is 35.5 Å². The van der Waals surface area contributed by atoms with Crippen LogP contribution in [0.3, 0.4) is 0 Å². The lowest BCUT2D eigenvalue weighted by Crippen LogP contribution is -2.30. The van der Waals surface area contributed by atoms with Crippen LogP contribution in [0.1, 0.15) is 50.3 Å². The molecule has 1 aromatic carbocycles. The first kappa shape index (κ1) is 16.8. The van der Waals surface area contributed by atoms with Gasteiger partial charge >= 0.3 is 0 Å². The molecular weight excluding hydrogens is 336 g/mol. The largest absolute Gasteiger partial charge is 0.381 e. The van der Waals surface area contributed by atoms with Crippen molar-refractivity contribution in [1.82, 2.24) is 14.9 Å². The number of aromatic nitrogens is 2. The number of methoxy groups -OCH3 is 1. The number of aromatic amines is 1. The van der Waals surface area contributed by atoms with Crippen LogP contribution in [0.4, 0.5) is 11.5 Å². The summed E-state index contributed by atoms with van der Waals surface area (Å²) in [5, 5.41) is 10.9. The number of fused-ring (bicyclic) bond motifs is 1. The highest BCUT2D eigenvalue weighted by Gasteiger charge is 2.34. The average Bonchev–Trinajstić information content (AvgIpc) is 3.27. The van der Waals surface area contributed by atoms with Gasteiger partial charge in [0.1, 0.15) is 11.0 Å². The lowest BCUT2D eigenvalue weighted by molar-refractivity contribution is 0.108. The molecule has 0 amide bonds. The number of hydrogen-bond donors (Lipinski definition) is 3. The predicted molar refractivity (Wildman–Crippen MR) is 98.3 cm³/mol. The van der Waals surface area contributed by atoms with Crippen LogP contribution in [-0.4, -0.2) is 27.6 Å². The van der Waals surface area contributed by atoms with Gasteiger partial charge in [0.25, 0.3) is 0 Å². The highest BCUT2D eigenvalue weighted by atomic mass is 32.2. The van der Waals surface area contributed by atoms with Crippen molar-refractivity contribution < 1.29 is 8.95 Å². The first-order valence-corrected chi connectivity index (χ1v) is 9.80. The third-order valence-corrected chi connectivity index (χ3v) is 6.68. The van der Waals surface area contributed by atoms with Gasteiger partial charge in [-0.2, -0.15) is 5.10 Å². The number of ether oxygens (including phenoxy) is 1. The lowest BCUT2D eigenvalue weighted by atomic mass is 9.95. The lowest BCUT2D eigenvalue weighted by Gasteiger charge is -2.18. The standard InChI is InChI=1S/C18H24N4O2S/c1-18(2)14-9-12(5-7-16(14)25(23)22-18)19-17-10-15(20-21-17)11-4-6-13(8-11)24-3/h5,7,9-11,13,22H,4,6,8H2,1-3H3,(H2,19,20,21). The SMILES string of the molecule is COC1CCC(c2cc(Nc3ccc4c(c3)C(C)(C)NS4=O)n[nH]2)C1. The van der Waals surface area contributed by atoms with Gasteiger partial charge in [0.2, 0.25) is 0 Å². The molecule has 134 valence electrons. The van der Waals surface area contributed by atoms with Crippen LogP contribution in [0.5, 0.6) is 0 Å². The second-order valence-corrected chi connectivity index (χ2v) is 8.59. The van der Waals surface area contributed by atoms with E-state index in [9.17, 15) is 4.21 Å². The fourth-order valence-corrected chi connectivity index (χ4v) is 5.18. The molecule has 0 spiro atoms. The van der Waals surface area contributed by atoms with Gasteiger partial charge in [0.15, 0.2) is 5.82 Å². The van der Waals surface area contributed by atoms with E-state index in [2.05, 4.69) is 32.4 Å². The molecule has 0 radical (unpaired) electrons.